The Morgan fingerprint density at radius 2 is 1.92 bits per heavy atom. The molecule has 0 radical (unpaired) electrons. The number of benzene rings is 2. The van der Waals surface area contributed by atoms with E-state index in [1.807, 2.05) is 36.4 Å². The highest BCUT2D eigenvalue weighted by molar-refractivity contribution is 6.30. The largest absolute Gasteiger partial charge is 0.494 e. The molecule has 0 saturated carbocycles. The monoisotopic (exact) mass is 358 g/mol. The SMILES string of the molecule is CC(=O)NC1C(=O)N(CCCOc2ccc(Cl)cc2)c2ccccc21. The van der Waals surface area contributed by atoms with E-state index in [0.29, 0.717) is 24.6 Å². The van der Waals surface area contributed by atoms with Crippen LogP contribution in [0.2, 0.25) is 5.02 Å². The van der Waals surface area contributed by atoms with Crippen molar-refractivity contribution >= 4 is 29.1 Å². The minimum absolute atomic E-state index is 0.108. The summed E-state index contributed by atoms with van der Waals surface area (Å²) in [5, 5.41) is 3.39. The van der Waals surface area contributed by atoms with Gasteiger partial charge in [-0.1, -0.05) is 29.8 Å². The Bertz CT molecular complexity index is 776. The lowest BCUT2D eigenvalue weighted by Gasteiger charge is -2.18. The van der Waals surface area contributed by atoms with Crippen molar-refractivity contribution in [3.8, 4) is 5.75 Å². The number of hydrogen-bond acceptors (Lipinski definition) is 3. The summed E-state index contributed by atoms with van der Waals surface area (Å²) in [6.45, 7) is 2.43. The highest BCUT2D eigenvalue weighted by Crippen LogP contribution is 2.35. The first-order valence-corrected chi connectivity index (χ1v) is 8.50. The fourth-order valence-corrected chi connectivity index (χ4v) is 3.03. The molecule has 2 aromatic rings. The maximum atomic E-state index is 12.7. The first-order chi connectivity index (χ1) is 12.1. The molecule has 0 bridgehead atoms. The standard InChI is InChI=1S/C19H19ClN2O3/c1-13(23)21-18-16-5-2-3-6-17(16)22(19(18)24)11-4-12-25-15-9-7-14(20)8-10-15/h2-3,5-10,18H,4,11-12H2,1H3,(H,21,23). The van der Waals surface area contributed by atoms with E-state index in [4.69, 9.17) is 16.3 Å². The number of amides is 2. The Kier molecular flexibility index (Phi) is 5.24. The Morgan fingerprint density at radius 3 is 2.64 bits per heavy atom. The van der Waals surface area contributed by atoms with E-state index in [1.54, 1.807) is 17.0 Å². The highest BCUT2D eigenvalue weighted by Gasteiger charge is 2.37. The molecule has 1 aliphatic rings. The molecule has 1 unspecified atom stereocenters. The van der Waals surface area contributed by atoms with Crippen molar-refractivity contribution in [1.82, 2.24) is 5.32 Å². The van der Waals surface area contributed by atoms with Crippen LogP contribution in [0.1, 0.15) is 24.9 Å². The van der Waals surface area contributed by atoms with Gasteiger partial charge in [0, 0.05) is 29.7 Å². The number of ether oxygens (including phenoxy) is 1. The van der Waals surface area contributed by atoms with Crippen molar-refractivity contribution in [3.05, 3.63) is 59.1 Å². The van der Waals surface area contributed by atoms with Crippen LogP contribution in [-0.4, -0.2) is 25.0 Å². The van der Waals surface area contributed by atoms with Crippen molar-refractivity contribution in [3.63, 3.8) is 0 Å². The normalized spacial score (nSPS) is 15.8. The van der Waals surface area contributed by atoms with Gasteiger partial charge in [-0.05, 0) is 36.8 Å². The quantitative estimate of drug-likeness (QED) is 0.806. The molecular weight excluding hydrogens is 340 g/mol. The number of hydrogen-bond donors (Lipinski definition) is 1. The van der Waals surface area contributed by atoms with Gasteiger partial charge in [0.05, 0.1) is 6.61 Å². The lowest BCUT2D eigenvalue weighted by atomic mass is 10.1. The molecule has 0 spiro atoms. The van der Waals surface area contributed by atoms with Gasteiger partial charge in [-0.2, -0.15) is 0 Å². The van der Waals surface area contributed by atoms with Crippen molar-refractivity contribution in [1.29, 1.82) is 0 Å². The van der Waals surface area contributed by atoms with Crippen molar-refractivity contribution in [2.75, 3.05) is 18.1 Å². The van der Waals surface area contributed by atoms with Gasteiger partial charge in [-0.25, -0.2) is 0 Å². The summed E-state index contributed by atoms with van der Waals surface area (Å²) in [7, 11) is 0. The first kappa shape index (κ1) is 17.3. The molecule has 5 nitrogen and oxygen atoms in total. The van der Waals surface area contributed by atoms with Gasteiger partial charge >= 0.3 is 0 Å². The van der Waals surface area contributed by atoms with E-state index in [9.17, 15) is 9.59 Å². The highest BCUT2D eigenvalue weighted by atomic mass is 35.5. The van der Waals surface area contributed by atoms with E-state index in [2.05, 4.69) is 5.32 Å². The zero-order valence-electron chi connectivity index (χ0n) is 13.9. The first-order valence-electron chi connectivity index (χ1n) is 8.12. The minimum atomic E-state index is -0.606. The van der Waals surface area contributed by atoms with Gasteiger partial charge < -0.3 is 15.0 Å². The Morgan fingerprint density at radius 1 is 1.20 bits per heavy atom. The lowest BCUT2D eigenvalue weighted by Crippen LogP contribution is -2.37. The van der Waals surface area contributed by atoms with Gasteiger partial charge in [0.1, 0.15) is 11.8 Å². The average Bonchev–Trinajstić information content (AvgIpc) is 2.85. The summed E-state index contributed by atoms with van der Waals surface area (Å²) >= 11 is 5.84. The summed E-state index contributed by atoms with van der Waals surface area (Å²) in [6.07, 6.45) is 0.676. The Hall–Kier alpha value is -2.53. The van der Waals surface area contributed by atoms with Crippen LogP contribution >= 0.6 is 11.6 Å². The fraction of sp³-hybridized carbons (Fsp3) is 0.263. The van der Waals surface area contributed by atoms with Crippen LogP contribution < -0.4 is 15.0 Å². The van der Waals surface area contributed by atoms with Gasteiger partial charge in [-0.15, -0.1) is 0 Å². The number of para-hydroxylation sites is 1. The maximum Gasteiger partial charge on any atom is 0.254 e. The van der Waals surface area contributed by atoms with E-state index in [-0.39, 0.29) is 11.8 Å². The minimum Gasteiger partial charge on any atom is -0.494 e. The summed E-state index contributed by atoms with van der Waals surface area (Å²) < 4.78 is 5.67. The second-order valence-corrected chi connectivity index (χ2v) is 6.27. The van der Waals surface area contributed by atoms with Crippen molar-refractivity contribution in [2.24, 2.45) is 0 Å². The van der Waals surface area contributed by atoms with Crippen molar-refractivity contribution in [2.45, 2.75) is 19.4 Å². The number of halogens is 1. The van der Waals surface area contributed by atoms with Crippen LogP contribution in [0.4, 0.5) is 5.69 Å². The van der Waals surface area contributed by atoms with Crippen LogP contribution in [0.3, 0.4) is 0 Å². The maximum absolute atomic E-state index is 12.7. The number of carbonyl (C=O) groups excluding carboxylic acids is 2. The zero-order valence-corrected chi connectivity index (χ0v) is 14.6. The topological polar surface area (TPSA) is 58.6 Å². The van der Waals surface area contributed by atoms with E-state index >= 15 is 0 Å². The average molecular weight is 359 g/mol. The van der Waals surface area contributed by atoms with E-state index in [1.165, 1.54) is 6.92 Å². The van der Waals surface area contributed by atoms with Gasteiger partial charge in [-0.3, -0.25) is 9.59 Å². The second kappa shape index (κ2) is 7.57. The number of nitrogens with zero attached hydrogens (tertiary/aromatic N) is 1. The summed E-state index contributed by atoms with van der Waals surface area (Å²) in [5.41, 5.74) is 1.68. The molecule has 1 heterocycles. The molecule has 25 heavy (non-hydrogen) atoms. The fourth-order valence-electron chi connectivity index (χ4n) is 2.90. The molecule has 0 aliphatic carbocycles. The number of nitrogens with one attached hydrogen (secondary N) is 1. The van der Waals surface area contributed by atoms with Crippen LogP contribution in [0.15, 0.2) is 48.5 Å². The molecule has 130 valence electrons. The summed E-state index contributed by atoms with van der Waals surface area (Å²) in [5.74, 6) is 0.414. The van der Waals surface area contributed by atoms with Gasteiger partial charge in [0.2, 0.25) is 5.91 Å². The molecule has 1 atom stereocenters. The van der Waals surface area contributed by atoms with Crippen LogP contribution in [-0.2, 0) is 9.59 Å². The third kappa shape index (κ3) is 3.94. The third-order valence-corrected chi connectivity index (χ3v) is 4.26. The van der Waals surface area contributed by atoms with Gasteiger partial charge in [0.25, 0.3) is 5.91 Å². The molecule has 0 fully saturated rings. The summed E-state index contributed by atoms with van der Waals surface area (Å²) in [4.78, 5) is 25.8. The molecule has 1 aliphatic heterocycles. The number of carbonyl (C=O) groups is 2. The molecule has 0 saturated heterocycles. The predicted octanol–water partition coefficient (Wildman–Crippen LogP) is 3.33. The lowest BCUT2D eigenvalue weighted by molar-refractivity contribution is -0.126. The van der Waals surface area contributed by atoms with Crippen LogP contribution in [0.5, 0.6) is 5.75 Å². The zero-order chi connectivity index (χ0) is 17.8. The summed E-state index contributed by atoms with van der Waals surface area (Å²) in [6, 6.07) is 14.1. The van der Waals surface area contributed by atoms with Crippen molar-refractivity contribution < 1.29 is 14.3 Å². The third-order valence-electron chi connectivity index (χ3n) is 4.01. The van der Waals surface area contributed by atoms with Crippen LogP contribution in [0, 0.1) is 0 Å². The molecule has 3 rings (SSSR count). The van der Waals surface area contributed by atoms with Gasteiger partial charge in [0.15, 0.2) is 0 Å². The predicted molar refractivity (Wildman–Crippen MR) is 96.9 cm³/mol. The Balaban J connectivity index is 1.61. The molecule has 0 aromatic heterocycles. The molecule has 2 amide bonds. The van der Waals surface area contributed by atoms with Crippen LogP contribution in [0.25, 0.3) is 0 Å². The van der Waals surface area contributed by atoms with E-state index < -0.39 is 6.04 Å². The smallest absolute Gasteiger partial charge is 0.254 e. The Labute approximate surface area is 151 Å². The van der Waals surface area contributed by atoms with E-state index in [0.717, 1.165) is 17.0 Å². The number of fused-ring (bicyclic) bond motifs is 1. The number of rotatable bonds is 6. The molecule has 1 N–H and O–H groups in total. The number of anilines is 1. The second-order valence-electron chi connectivity index (χ2n) is 5.84. The molecule has 6 heteroatoms. The molecular formula is C19H19ClN2O3. The molecule has 2 aromatic carbocycles.